The third-order valence-corrected chi connectivity index (χ3v) is 14.7. The summed E-state index contributed by atoms with van der Waals surface area (Å²) >= 11 is 0. The van der Waals surface area contributed by atoms with E-state index in [2.05, 4.69) is 58.5 Å². The second-order valence-electron chi connectivity index (χ2n) is 21.3. The number of carbonyl (C=O) groups excluding carboxylic acids is 4. The molecule has 0 aliphatic carbocycles. The second kappa shape index (κ2) is 19.5. The zero-order chi connectivity index (χ0) is 53.6. The summed E-state index contributed by atoms with van der Waals surface area (Å²) < 4.78 is 0. The van der Waals surface area contributed by atoms with E-state index in [1.165, 1.54) is 0 Å². The molecular weight excluding hydrogens is 937 g/mol. The van der Waals surface area contributed by atoms with E-state index < -0.39 is 21.7 Å². The van der Waals surface area contributed by atoms with Gasteiger partial charge in [0.15, 0.2) is 0 Å². The van der Waals surface area contributed by atoms with Crippen LogP contribution in [0.2, 0.25) is 0 Å². The van der Waals surface area contributed by atoms with E-state index in [0.29, 0.717) is 5.82 Å². The standard InChI is InChI=1S/2C16H16N2O.C15H15N3O.C14H13N3O/c1-10-9-17-7-6-12(10)11-4-5-13-14(8-11)18-15(19)16(13,2)3;1-10-12(5-4-8-17-10)11-6-7-13-14(9-11)18-15(19)16(13,2)3;1-15(2)11-5-3-9(7-12(11)18-14(15)19)10-4-6-13(16)17-8-10;1-14(2)11-4-3-9(7-12(11)17-13(14)18)10-5-6-15-16-8-10/h2*4-9H,1-3H3,(H,18,19);3-8H,1-2H3,(H2,16,17)(H,18,19);3-8H,1-2H3,(H,17,18). The van der Waals surface area contributed by atoms with Gasteiger partial charge in [0.25, 0.3) is 0 Å². The number of nitrogens with two attached hydrogens (primary N) is 1. The summed E-state index contributed by atoms with van der Waals surface area (Å²) in [7, 11) is 0. The van der Waals surface area contributed by atoms with E-state index in [1.807, 2.05) is 166 Å². The zero-order valence-corrected chi connectivity index (χ0v) is 43.8. The van der Waals surface area contributed by atoms with Crippen molar-refractivity contribution in [3.05, 3.63) is 180 Å². The summed E-state index contributed by atoms with van der Waals surface area (Å²) in [6.07, 6.45) is 10.5. The maximum Gasteiger partial charge on any atom is 0.234 e. The molecule has 0 unspecified atom stereocenters. The minimum Gasteiger partial charge on any atom is -0.384 e. The van der Waals surface area contributed by atoms with E-state index in [9.17, 15) is 19.2 Å². The molecule has 0 atom stereocenters. The average molecular weight is 997 g/mol. The molecule has 14 heteroatoms. The Kier molecular flexibility index (Phi) is 13.3. The number of pyridine rings is 3. The molecular formula is C61H60N10O4. The SMILES string of the molecule is CC1(C)C(=O)Nc2cc(-c3ccc(N)nc3)ccc21.CC1(C)C(=O)Nc2cc(-c3ccnnc3)ccc21.Cc1cnccc1-c1ccc2c(c1)NC(=O)C2(C)C.Cc1ncccc1-c1ccc2c(c1)NC(=O)C2(C)C. The monoisotopic (exact) mass is 996 g/mol. The fourth-order valence-corrected chi connectivity index (χ4v) is 9.69. The van der Waals surface area contributed by atoms with Crippen molar-refractivity contribution in [1.82, 2.24) is 25.1 Å². The number of hydrogen-bond acceptors (Lipinski definition) is 10. The fraction of sp³-hybridized carbons (Fsp3) is 0.230. The molecule has 4 aromatic heterocycles. The first-order valence-corrected chi connectivity index (χ1v) is 24.7. The number of nitrogens with one attached hydrogen (secondary N) is 4. The van der Waals surface area contributed by atoms with Gasteiger partial charge >= 0.3 is 0 Å². The highest BCUT2D eigenvalue weighted by molar-refractivity contribution is 6.08. The second-order valence-corrected chi connectivity index (χ2v) is 21.3. The lowest BCUT2D eigenvalue weighted by Crippen LogP contribution is -2.26. The molecule has 0 saturated carbocycles. The van der Waals surface area contributed by atoms with Crippen LogP contribution in [-0.4, -0.2) is 48.8 Å². The van der Waals surface area contributed by atoms with E-state index in [4.69, 9.17) is 5.73 Å². The molecule has 6 N–H and O–H groups in total. The van der Waals surface area contributed by atoms with Crippen molar-refractivity contribution in [3.63, 3.8) is 0 Å². The number of hydrogen-bond donors (Lipinski definition) is 5. The number of anilines is 5. The van der Waals surface area contributed by atoms with Crippen molar-refractivity contribution >= 4 is 52.2 Å². The quantitative estimate of drug-likeness (QED) is 0.113. The number of aryl methyl sites for hydroxylation is 2. The molecule has 4 aliphatic rings. The van der Waals surface area contributed by atoms with Gasteiger partial charge in [-0.2, -0.15) is 10.2 Å². The molecule has 4 aromatic carbocycles. The molecule has 0 bridgehead atoms. The number of carbonyl (C=O) groups is 4. The number of rotatable bonds is 4. The highest BCUT2D eigenvalue weighted by atomic mass is 16.2. The molecule has 378 valence electrons. The van der Waals surface area contributed by atoms with Crippen molar-refractivity contribution in [1.29, 1.82) is 0 Å². The molecule has 8 aromatic rings. The largest absolute Gasteiger partial charge is 0.384 e. The Hall–Kier alpha value is -8.91. The maximum atomic E-state index is 11.9. The minimum absolute atomic E-state index is 0.0371. The van der Waals surface area contributed by atoms with E-state index in [1.54, 1.807) is 37.1 Å². The minimum atomic E-state index is -0.465. The van der Waals surface area contributed by atoms with Gasteiger partial charge in [-0.1, -0.05) is 54.6 Å². The average Bonchev–Trinajstić information content (AvgIpc) is 3.97. The van der Waals surface area contributed by atoms with Crippen LogP contribution >= 0.6 is 0 Å². The van der Waals surface area contributed by atoms with E-state index in [-0.39, 0.29) is 23.6 Å². The van der Waals surface area contributed by atoms with Crippen LogP contribution in [0.5, 0.6) is 0 Å². The van der Waals surface area contributed by atoms with Gasteiger partial charge < -0.3 is 27.0 Å². The predicted octanol–water partition coefficient (Wildman–Crippen LogP) is 11.5. The molecule has 4 amide bonds. The van der Waals surface area contributed by atoms with Crippen molar-refractivity contribution < 1.29 is 19.2 Å². The third-order valence-electron chi connectivity index (χ3n) is 14.7. The Labute approximate surface area is 437 Å². The van der Waals surface area contributed by atoms with Gasteiger partial charge in [-0.15, -0.1) is 0 Å². The van der Waals surface area contributed by atoms with Crippen molar-refractivity contribution in [3.8, 4) is 44.5 Å². The highest BCUT2D eigenvalue weighted by Gasteiger charge is 2.41. The van der Waals surface area contributed by atoms with Crippen molar-refractivity contribution in [2.75, 3.05) is 27.0 Å². The van der Waals surface area contributed by atoms with Crippen LogP contribution in [-0.2, 0) is 40.8 Å². The molecule has 14 nitrogen and oxygen atoms in total. The topological polar surface area (TPSA) is 207 Å². The van der Waals surface area contributed by atoms with Crippen LogP contribution in [0, 0.1) is 13.8 Å². The van der Waals surface area contributed by atoms with Crippen LogP contribution in [0.4, 0.5) is 28.6 Å². The summed E-state index contributed by atoms with van der Waals surface area (Å²) in [6.45, 7) is 19.5. The maximum absolute atomic E-state index is 11.9. The van der Waals surface area contributed by atoms with Crippen molar-refractivity contribution in [2.24, 2.45) is 0 Å². The summed E-state index contributed by atoms with van der Waals surface area (Å²) in [5.74, 6) is 0.700. The summed E-state index contributed by atoms with van der Waals surface area (Å²) in [5, 5.41) is 19.4. The molecule has 75 heavy (non-hydrogen) atoms. The zero-order valence-electron chi connectivity index (χ0n) is 43.8. The molecule has 4 aliphatic heterocycles. The lowest BCUT2D eigenvalue weighted by molar-refractivity contribution is -0.120. The van der Waals surface area contributed by atoms with Crippen molar-refractivity contribution in [2.45, 2.75) is 90.9 Å². The Bertz CT molecular complexity index is 3450. The number of benzene rings is 4. The Morgan fingerprint density at radius 3 is 1.24 bits per heavy atom. The fourth-order valence-electron chi connectivity index (χ4n) is 9.69. The Balaban J connectivity index is 0.000000122. The number of amides is 4. The lowest BCUT2D eigenvalue weighted by Gasteiger charge is -2.15. The van der Waals surface area contributed by atoms with Crippen LogP contribution in [0.3, 0.4) is 0 Å². The summed E-state index contributed by atoms with van der Waals surface area (Å²) in [5.41, 5.74) is 22.2. The van der Waals surface area contributed by atoms with Gasteiger partial charge in [0, 0.05) is 69.9 Å². The number of aromatic nitrogens is 5. The first-order chi connectivity index (χ1) is 35.6. The van der Waals surface area contributed by atoms with Gasteiger partial charge in [0.1, 0.15) is 5.82 Å². The van der Waals surface area contributed by atoms with Crippen LogP contribution < -0.4 is 27.0 Å². The van der Waals surface area contributed by atoms with E-state index in [0.717, 1.165) is 101 Å². The molecule has 0 fully saturated rings. The smallest absolute Gasteiger partial charge is 0.234 e. The summed E-state index contributed by atoms with van der Waals surface area (Å²) in [4.78, 5) is 60.2. The van der Waals surface area contributed by atoms with Crippen LogP contribution in [0.15, 0.2) is 146 Å². The Morgan fingerprint density at radius 1 is 0.400 bits per heavy atom. The molecule has 0 radical (unpaired) electrons. The molecule has 0 spiro atoms. The first kappa shape index (κ1) is 51.0. The normalized spacial score (nSPS) is 16.1. The molecule has 12 rings (SSSR count). The van der Waals surface area contributed by atoms with Gasteiger partial charge in [0.05, 0.1) is 34.1 Å². The number of nitrogens with zero attached hydrogens (tertiary/aromatic N) is 5. The molecule has 0 saturated heterocycles. The van der Waals surface area contributed by atoms with Gasteiger partial charge in [-0.05, 0) is 179 Å². The highest BCUT2D eigenvalue weighted by Crippen LogP contribution is 2.43. The van der Waals surface area contributed by atoms with E-state index >= 15 is 0 Å². The summed E-state index contributed by atoms with van der Waals surface area (Å²) in [6, 6.07) is 35.8. The van der Waals surface area contributed by atoms with Crippen LogP contribution in [0.1, 0.15) is 88.9 Å². The number of nitrogen functional groups attached to an aromatic ring is 1. The lowest BCUT2D eigenvalue weighted by atomic mass is 9.85. The number of fused-ring (bicyclic) bond motifs is 4. The van der Waals surface area contributed by atoms with Gasteiger partial charge in [-0.25, -0.2) is 4.98 Å². The van der Waals surface area contributed by atoms with Crippen LogP contribution in [0.25, 0.3) is 44.5 Å². The third kappa shape index (κ3) is 9.74. The molecule has 8 heterocycles. The van der Waals surface area contributed by atoms with Gasteiger partial charge in [0.2, 0.25) is 23.6 Å². The van der Waals surface area contributed by atoms with Gasteiger partial charge in [-0.3, -0.25) is 29.1 Å². The predicted molar refractivity (Wildman–Crippen MR) is 297 cm³/mol. The Morgan fingerprint density at radius 2 is 0.827 bits per heavy atom. The first-order valence-electron chi connectivity index (χ1n) is 24.7.